The van der Waals surface area contributed by atoms with Crippen molar-refractivity contribution in [1.82, 2.24) is 0 Å². The largest absolute Gasteiger partial charge is 0.462 e. The van der Waals surface area contributed by atoms with E-state index in [1.165, 1.54) is 29.0 Å². The van der Waals surface area contributed by atoms with Gasteiger partial charge in [0.2, 0.25) is 5.91 Å². The number of thiophene rings is 1. The quantitative estimate of drug-likeness (QED) is 0.396. The Hall–Kier alpha value is -2.47. The molecule has 156 valence electrons. The maximum absolute atomic E-state index is 13.0. The van der Waals surface area contributed by atoms with Crippen LogP contribution < -0.4 is 5.32 Å². The Kier molecular flexibility index (Phi) is 8.58. The molecular weight excluding hydrogens is 389 g/mol. The predicted octanol–water partition coefficient (Wildman–Crippen LogP) is 6.10. The Morgan fingerprint density at radius 3 is 2.55 bits per heavy atom. The van der Waals surface area contributed by atoms with Gasteiger partial charge in [-0.3, -0.25) is 4.79 Å². The molecule has 2 rings (SSSR count). The minimum absolute atomic E-state index is 0.103. The van der Waals surface area contributed by atoms with Crippen LogP contribution in [0.5, 0.6) is 0 Å². The van der Waals surface area contributed by atoms with Crippen LogP contribution in [0.4, 0.5) is 9.39 Å². The summed E-state index contributed by atoms with van der Waals surface area (Å²) < 4.78 is 18.2. The fourth-order valence-electron chi connectivity index (χ4n) is 2.83. The molecule has 29 heavy (non-hydrogen) atoms. The van der Waals surface area contributed by atoms with Crippen molar-refractivity contribution in [2.75, 3.05) is 11.9 Å². The van der Waals surface area contributed by atoms with E-state index in [2.05, 4.69) is 32.2 Å². The second kappa shape index (κ2) is 10.9. The second-order valence-electron chi connectivity index (χ2n) is 7.22. The summed E-state index contributed by atoms with van der Waals surface area (Å²) >= 11 is 1.41. The molecule has 0 aliphatic carbocycles. The zero-order chi connectivity index (χ0) is 21.4. The number of nitrogens with one attached hydrogen (secondary N) is 1. The van der Waals surface area contributed by atoms with E-state index in [1.807, 2.05) is 6.07 Å². The van der Waals surface area contributed by atoms with Crippen molar-refractivity contribution in [3.8, 4) is 0 Å². The number of carbonyl (C=O) groups excluding carboxylic acids is 2. The third-order valence-corrected chi connectivity index (χ3v) is 5.70. The van der Waals surface area contributed by atoms with E-state index in [-0.39, 0.29) is 30.7 Å². The Morgan fingerprint density at radius 2 is 1.93 bits per heavy atom. The van der Waals surface area contributed by atoms with Crippen LogP contribution >= 0.6 is 11.3 Å². The van der Waals surface area contributed by atoms with Crippen molar-refractivity contribution < 1.29 is 18.7 Å². The summed E-state index contributed by atoms with van der Waals surface area (Å²) in [6.07, 6.45) is 4.22. The minimum Gasteiger partial charge on any atom is -0.462 e. The molecule has 0 aliphatic heterocycles. The molecule has 1 atom stereocenters. The molecule has 0 radical (unpaired) electrons. The normalized spacial score (nSPS) is 11.6. The summed E-state index contributed by atoms with van der Waals surface area (Å²) in [5.41, 5.74) is 2.37. The van der Waals surface area contributed by atoms with Gasteiger partial charge < -0.3 is 10.1 Å². The van der Waals surface area contributed by atoms with E-state index in [1.54, 1.807) is 19.1 Å². The summed E-state index contributed by atoms with van der Waals surface area (Å²) in [6.45, 7) is 8.28. The molecule has 1 aromatic carbocycles. The maximum atomic E-state index is 13.0. The van der Waals surface area contributed by atoms with Crippen LogP contribution in [0.25, 0.3) is 0 Å². The summed E-state index contributed by atoms with van der Waals surface area (Å²) in [4.78, 5) is 25.9. The fraction of sp³-hybridized carbons (Fsp3) is 0.391. The SMILES string of the molecule is CCOC(=O)c1cc([C@@H](C)CCC=C(C)C)sc1NC(=O)Cc1ccc(F)cc1. The van der Waals surface area contributed by atoms with Crippen LogP contribution in [0.2, 0.25) is 0 Å². The number of esters is 1. The lowest BCUT2D eigenvalue weighted by molar-refractivity contribution is -0.115. The highest BCUT2D eigenvalue weighted by atomic mass is 32.1. The molecule has 1 N–H and O–H groups in total. The zero-order valence-corrected chi connectivity index (χ0v) is 18.2. The first-order valence-electron chi connectivity index (χ1n) is 9.78. The number of allylic oxidation sites excluding steroid dienone is 2. The number of rotatable bonds is 9. The summed E-state index contributed by atoms with van der Waals surface area (Å²) in [6, 6.07) is 7.62. The van der Waals surface area contributed by atoms with Crippen LogP contribution in [0.15, 0.2) is 42.0 Å². The van der Waals surface area contributed by atoms with Gasteiger partial charge in [-0.25, -0.2) is 9.18 Å². The van der Waals surface area contributed by atoms with Gasteiger partial charge in [-0.2, -0.15) is 0 Å². The van der Waals surface area contributed by atoms with Crippen LogP contribution in [-0.4, -0.2) is 18.5 Å². The molecule has 0 spiro atoms. The third-order valence-electron chi connectivity index (χ3n) is 4.42. The number of anilines is 1. The molecule has 1 heterocycles. The lowest BCUT2D eigenvalue weighted by atomic mass is 10.0. The molecule has 0 saturated heterocycles. The molecule has 4 nitrogen and oxygen atoms in total. The number of ether oxygens (including phenoxy) is 1. The van der Waals surface area contributed by atoms with Gasteiger partial charge in [0.15, 0.2) is 0 Å². The summed E-state index contributed by atoms with van der Waals surface area (Å²) in [5, 5.41) is 3.34. The highest BCUT2D eigenvalue weighted by molar-refractivity contribution is 7.16. The molecule has 0 fully saturated rings. The van der Waals surface area contributed by atoms with E-state index in [0.29, 0.717) is 16.1 Å². The van der Waals surface area contributed by atoms with Crippen LogP contribution in [-0.2, 0) is 16.0 Å². The van der Waals surface area contributed by atoms with Gasteiger partial charge in [-0.05, 0) is 63.3 Å². The standard InChI is InChI=1S/C23H28FNO3S/c1-5-28-23(27)19-14-20(16(4)8-6-7-15(2)3)29-22(19)25-21(26)13-17-9-11-18(24)12-10-17/h7,9-12,14,16H,5-6,8,13H2,1-4H3,(H,25,26)/t16-/m0/s1. The molecule has 2 aromatic rings. The van der Waals surface area contributed by atoms with Gasteiger partial charge in [0.1, 0.15) is 10.8 Å². The first-order valence-corrected chi connectivity index (χ1v) is 10.6. The highest BCUT2D eigenvalue weighted by Gasteiger charge is 2.21. The third kappa shape index (κ3) is 7.13. The zero-order valence-electron chi connectivity index (χ0n) is 17.4. The van der Waals surface area contributed by atoms with E-state index >= 15 is 0 Å². The summed E-state index contributed by atoms with van der Waals surface area (Å²) in [7, 11) is 0. The summed E-state index contributed by atoms with van der Waals surface area (Å²) in [5.74, 6) is -0.786. The smallest absolute Gasteiger partial charge is 0.341 e. The highest BCUT2D eigenvalue weighted by Crippen LogP contribution is 2.35. The lowest BCUT2D eigenvalue weighted by Crippen LogP contribution is -2.16. The van der Waals surface area contributed by atoms with Crippen LogP contribution in [0.1, 0.15) is 67.3 Å². The molecule has 0 unspecified atom stereocenters. The Labute approximate surface area is 175 Å². The van der Waals surface area contributed by atoms with Crippen LogP contribution in [0, 0.1) is 5.82 Å². The Balaban J connectivity index is 2.15. The molecule has 0 bridgehead atoms. The average Bonchev–Trinajstić information content (AvgIpc) is 3.07. The molecule has 0 aliphatic rings. The minimum atomic E-state index is -0.441. The number of carbonyl (C=O) groups is 2. The molecule has 1 aromatic heterocycles. The molecular formula is C23H28FNO3S. The van der Waals surface area contributed by atoms with Gasteiger partial charge in [0.05, 0.1) is 18.6 Å². The lowest BCUT2D eigenvalue weighted by Gasteiger charge is -2.07. The van der Waals surface area contributed by atoms with E-state index in [4.69, 9.17) is 4.74 Å². The van der Waals surface area contributed by atoms with Crippen molar-refractivity contribution in [3.63, 3.8) is 0 Å². The Bertz CT molecular complexity index is 867. The average molecular weight is 418 g/mol. The van der Waals surface area contributed by atoms with Crippen molar-refractivity contribution in [2.45, 2.75) is 52.9 Å². The van der Waals surface area contributed by atoms with Gasteiger partial charge in [-0.1, -0.05) is 30.7 Å². The van der Waals surface area contributed by atoms with E-state index in [9.17, 15) is 14.0 Å². The number of hydrogen-bond acceptors (Lipinski definition) is 4. The molecule has 1 amide bonds. The van der Waals surface area contributed by atoms with Gasteiger partial charge >= 0.3 is 5.97 Å². The topological polar surface area (TPSA) is 55.4 Å². The maximum Gasteiger partial charge on any atom is 0.341 e. The van der Waals surface area contributed by atoms with Crippen molar-refractivity contribution >= 4 is 28.2 Å². The van der Waals surface area contributed by atoms with Crippen molar-refractivity contribution in [3.05, 3.63) is 63.8 Å². The number of hydrogen-bond donors (Lipinski definition) is 1. The monoisotopic (exact) mass is 417 g/mol. The number of amides is 1. The van der Waals surface area contributed by atoms with Gasteiger partial charge in [0.25, 0.3) is 0 Å². The van der Waals surface area contributed by atoms with E-state index < -0.39 is 5.97 Å². The number of halogens is 1. The van der Waals surface area contributed by atoms with Gasteiger partial charge in [0, 0.05) is 4.88 Å². The molecule has 6 heteroatoms. The Morgan fingerprint density at radius 1 is 1.24 bits per heavy atom. The van der Waals surface area contributed by atoms with Crippen molar-refractivity contribution in [2.24, 2.45) is 0 Å². The molecule has 0 saturated carbocycles. The van der Waals surface area contributed by atoms with E-state index in [0.717, 1.165) is 17.7 Å². The first kappa shape index (κ1) is 22.8. The second-order valence-corrected chi connectivity index (χ2v) is 8.31. The first-order chi connectivity index (χ1) is 13.8. The van der Waals surface area contributed by atoms with Crippen LogP contribution in [0.3, 0.4) is 0 Å². The number of benzene rings is 1. The van der Waals surface area contributed by atoms with Gasteiger partial charge in [-0.15, -0.1) is 11.3 Å². The van der Waals surface area contributed by atoms with Crippen molar-refractivity contribution in [1.29, 1.82) is 0 Å². The predicted molar refractivity (Wildman–Crippen MR) is 116 cm³/mol. The fourth-order valence-corrected chi connectivity index (χ4v) is 3.98.